The number of rotatable bonds is 4. The Balaban J connectivity index is 2.02. The van der Waals surface area contributed by atoms with E-state index in [4.69, 9.17) is 4.74 Å². The maximum atomic E-state index is 12.1. The highest BCUT2D eigenvalue weighted by molar-refractivity contribution is 5.89. The van der Waals surface area contributed by atoms with Gasteiger partial charge in [-0.1, -0.05) is 24.3 Å². The average molecular weight is 317 g/mol. The van der Waals surface area contributed by atoms with Gasteiger partial charge in [-0.3, -0.25) is 4.79 Å². The third-order valence-corrected chi connectivity index (χ3v) is 3.49. The molecule has 0 aliphatic heterocycles. The molecule has 0 amide bonds. The van der Waals surface area contributed by atoms with Crippen LogP contribution in [0.4, 0.5) is 0 Å². The summed E-state index contributed by atoms with van der Waals surface area (Å²) in [4.78, 5) is 19.2. The molecule has 0 aliphatic rings. The van der Waals surface area contributed by atoms with Crippen molar-refractivity contribution < 1.29 is 4.74 Å². The molecule has 5 nitrogen and oxygen atoms in total. The molecule has 5 heteroatoms. The van der Waals surface area contributed by atoms with Gasteiger partial charge in [-0.2, -0.15) is 5.26 Å². The first kappa shape index (κ1) is 15.5. The Morgan fingerprint density at radius 2 is 2.00 bits per heavy atom. The van der Waals surface area contributed by atoms with Crippen molar-refractivity contribution >= 4 is 22.6 Å². The largest absolute Gasteiger partial charge is 0.494 e. The summed E-state index contributed by atoms with van der Waals surface area (Å²) in [5, 5.41) is 9.94. The Bertz CT molecular complexity index is 996. The first-order valence-corrected chi connectivity index (χ1v) is 7.55. The molecule has 0 spiro atoms. The molecule has 3 rings (SSSR count). The number of H-pyrrole nitrogens is 1. The zero-order valence-electron chi connectivity index (χ0n) is 13.1. The third kappa shape index (κ3) is 3.18. The molecule has 24 heavy (non-hydrogen) atoms. The van der Waals surface area contributed by atoms with Crippen LogP contribution in [0.2, 0.25) is 0 Å². The number of hydrogen-bond acceptors (Lipinski definition) is 4. The van der Waals surface area contributed by atoms with E-state index in [-0.39, 0.29) is 11.4 Å². The van der Waals surface area contributed by atoms with Gasteiger partial charge in [0.1, 0.15) is 11.8 Å². The van der Waals surface area contributed by atoms with Gasteiger partial charge in [-0.05, 0) is 42.8 Å². The molecule has 2 aromatic carbocycles. The minimum atomic E-state index is -0.261. The lowest BCUT2D eigenvalue weighted by molar-refractivity contribution is 0.340. The van der Waals surface area contributed by atoms with Gasteiger partial charge < -0.3 is 9.72 Å². The highest BCUT2D eigenvalue weighted by Gasteiger charge is 2.08. The second kappa shape index (κ2) is 6.80. The minimum absolute atomic E-state index is 0.259. The average Bonchev–Trinajstić information content (AvgIpc) is 2.61. The zero-order chi connectivity index (χ0) is 16.9. The number of nitrogens with zero attached hydrogens (tertiary/aromatic N) is 2. The Labute approximate surface area is 138 Å². The minimum Gasteiger partial charge on any atom is -0.494 e. The summed E-state index contributed by atoms with van der Waals surface area (Å²) >= 11 is 0. The molecule has 0 saturated heterocycles. The van der Waals surface area contributed by atoms with E-state index in [0.29, 0.717) is 23.1 Å². The number of nitrogens with one attached hydrogen (secondary N) is 1. The standard InChI is InChI=1S/C19H15N3O2/c1-2-24-15-9-7-13(8-10-15)11-14(12-20)18-21-17-6-4-3-5-16(17)19(23)22-18/h3-11H,2H2,1H3,(H,21,22,23)/b14-11-. The molecular weight excluding hydrogens is 302 g/mol. The van der Waals surface area contributed by atoms with Gasteiger partial charge in [0.15, 0.2) is 5.82 Å². The molecule has 0 radical (unpaired) electrons. The summed E-state index contributed by atoms with van der Waals surface area (Å²) < 4.78 is 5.40. The number of allylic oxidation sites excluding steroid dienone is 1. The molecule has 3 aromatic rings. The van der Waals surface area contributed by atoms with Crippen LogP contribution in [0.25, 0.3) is 22.6 Å². The molecule has 0 bridgehead atoms. The summed E-state index contributed by atoms with van der Waals surface area (Å²) in [6, 6.07) is 16.5. The van der Waals surface area contributed by atoms with E-state index in [1.165, 1.54) is 0 Å². The Kier molecular flexibility index (Phi) is 4.39. The van der Waals surface area contributed by atoms with Crippen molar-refractivity contribution in [3.8, 4) is 11.8 Å². The van der Waals surface area contributed by atoms with Crippen LogP contribution in [-0.4, -0.2) is 16.6 Å². The zero-order valence-corrected chi connectivity index (χ0v) is 13.1. The smallest absolute Gasteiger partial charge is 0.259 e. The van der Waals surface area contributed by atoms with Gasteiger partial charge >= 0.3 is 0 Å². The van der Waals surface area contributed by atoms with Gasteiger partial charge in [0.25, 0.3) is 5.56 Å². The lowest BCUT2D eigenvalue weighted by Gasteiger charge is -2.04. The first-order valence-electron chi connectivity index (χ1n) is 7.55. The first-order chi connectivity index (χ1) is 11.7. The van der Waals surface area contributed by atoms with Crippen LogP contribution in [-0.2, 0) is 0 Å². The summed E-state index contributed by atoms with van der Waals surface area (Å²) in [5.41, 5.74) is 1.42. The van der Waals surface area contributed by atoms with Crippen LogP contribution in [0, 0.1) is 11.3 Å². The molecule has 0 fully saturated rings. The summed E-state index contributed by atoms with van der Waals surface area (Å²) in [6.45, 7) is 2.52. The number of aromatic nitrogens is 2. The van der Waals surface area contributed by atoms with Crippen LogP contribution in [0.5, 0.6) is 5.75 Å². The fraction of sp³-hybridized carbons (Fsp3) is 0.105. The number of benzene rings is 2. The Morgan fingerprint density at radius 3 is 2.71 bits per heavy atom. The molecule has 0 saturated carbocycles. The maximum absolute atomic E-state index is 12.1. The van der Waals surface area contributed by atoms with Crippen LogP contribution in [0.15, 0.2) is 53.3 Å². The van der Waals surface area contributed by atoms with Crippen molar-refractivity contribution in [1.82, 2.24) is 9.97 Å². The fourth-order valence-corrected chi connectivity index (χ4v) is 2.36. The summed E-state index contributed by atoms with van der Waals surface area (Å²) in [6.07, 6.45) is 1.68. The van der Waals surface area contributed by atoms with Crippen molar-refractivity contribution in [2.45, 2.75) is 6.92 Å². The number of ether oxygens (including phenoxy) is 1. The van der Waals surface area contributed by atoms with E-state index < -0.39 is 0 Å². The van der Waals surface area contributed by atoms with Crippen LogP contribution >= 0.6 is 0 Å². The van der Waals surface area contributed by atoms with E-state index in [2.05, 4.69) is 16.0 Å². The second-order valence-electron chi connectivity index (χ2n) is 5.10. The number of hydrogen-bond donors (Lipinski definition) is 1. The maximum Gasteiger partial charge on any atom is 0.259 e. The van der Waals surface area contributed by atoms with Gasteiger partial charge in [-0.25, -0.2) is 4.98 Å². The molecule has 1 aromatic heterocycles. The molecule has 0 aliphatic carbocycles. The van der Waals surface area contributed by atoms with E-state index in [9.17, 15) is 10.1 Å². The SMILES string of the molecule is CCOc1ccc(/C=C(/C#N)c2nc3ccccc3c(=O)[nH]2)cc1. The number of fused-ring (bicyclic) bond motifs is 1. The predicted molar refractivity (Wildman–Crippen MR) is 93.5 cm³/mol. The van der Waals surface area contributed by atoms with Crippen LogP contribution in [0.3, 0.4) is 0 Å². The van der Waals surface area contributed by atoms with E-state index in [1.807, 2.05) is 31.2 Å². The van der Waals surface area contributed by atoms with Crippen LogP contribution < -0.4 is 10.3 Å². The molecule has 1 N–H and O–H groups in total. The van der Waals surface area contributed by atoms with Gasteiger partial charge in [0.2, 0.25) is 0 Å². The lowest BCUT2D eigenvalue weighted by atomic mass is 10.1. The quantitative estimate of drug-likeness (QED) is 0.748. The van der Waals surface area contributed by atoms with Gasteiger partial charge in [-0.15, -0.1) is 0 Å². The van der Waals surface area contributed by atoms with E-state index in [1.54, 1.807) is 30.3 Å². The molecule has 0 unspecified atom stereocenters. The molecule has 118 valence electrons. The monoisotopic (exact) mass is 317 g/mol. The normalized spacial score (nSPS) is 11.2. The summed E-state index contributed by atoms with van der Waals surface area (Å²) in [5.74, 6) is 1.03. The van der Waals surface area contributed by atoms with Crippen molar-refractivity contribution in [3.63, 3.8) is 0 Å². The topological polar surface area (TPSA) is 78.8 Å². The van der Waals surface area contributed by atoms with Crippen molar-refractivity contribution in [1.29, 1.82) is 5.26 Å². The number of aromatic amines is 1. The highest BCUT2D eigenvalue weighted by atomic mass is 16.5. The molecular formula is C19H15N3O2. The van der Waals surface area contributed by atoms with E-state index in [0.717, 1.165) is 11.3 Å². The second-order valence-corrected chi connectivity index (χ2v) is 5.10. The highest BCUT2D eigenvalue weighted by Crippen LogP contribution is 2.18. The van der Waals surface area contributed by atoms with Crippen molar-refractivity contribution in [3.05, 3.63) is 70.3 Å². The van der Waals surface area contributed by atoms with Crippen molar-refractivity contribution in [2.24, 2.45) is 0 Å². The van der Waals surface area contributed by atoms with Gasteiger partial charge in [0.05, 0.1) is 23.1 Å². The fourth-order valence-electron chi connectivity index (χ4n) is 2.36. The molecule has 1 heterocycles. The lowest BCUT2D eigenvalue weighted by Crippen LogP contribution is -2.11. The van der Waals surface area contributed by atoms with Crippen LogP contribution in [0.1, 0.15) is 18.3 Å². The molecule has 0 atom stereocenters. The van der Waals surface area contributed by atoms with Crippen molar-refractivity contribution in [2.75, 3.05) is 6.61 Å². The predicted octanol–water partition coefficient (Wildman–Crippen LogP) is 3.39. The Hall–Kier alpha value is -3.39. The third-order valence-electron chi connectivity index (χ3n) is 3.49. The number of nitriles is 1. The summed E-state index contributed by atoms with van der Waals surface area (Å²) in [7, 11) is 0. The van der Waals surface area contributed by atoms with Gasteiger partial charge in [0, 0.05) is 0 Å². The van der Waals surface area contributed by atoms with E-state index >= 15 is 0 Å². The Morgan fingerprint density at radius 1 is 1.25 bits per heavy atom. The number of para-hydroxylation sites is 1.